The lowest BCUT2D eigenvalue weighted by Gasteiger charge is -2.37. The van der Waals surface area contributed by atoms with Crippen LogP contribution in [-0.2, 0) is 9.59 Å². The van der Waals surface area contributed by atoms with Crippen molar-refractivity contribution in [3.8, 4) is 5.75 Å². The van der Waals surface area contributed by atoms with Gasteiger partial charge in [0.05, 0.1) is 23.1 Å². The third-order valence-electron chi connectivity index (χ3n) is 6.96. The van der Waals surface area contributed by atoms with Crippen molar-refractivity contribution in [2.45, 2.75) is 6.42 Å². The van der Waals surface area contributed by atoms with Crippen molar-refractivity contribution < 1.29 is 19.1 Å². The molecule has 2 bridgehead atoms. The Morgan fingerprint density at radius 2 is 1.52 bits per heavy atom. The van der Waals surface area contributed by atoms with Crippen LogP contribution in [0.15, 0.2) is 66.7 Å². The Kier molecular flexibility index (Phi) is 3.40. The zero-order valence-electron chi connectivity index (χ0n) is 15.6. The van der Waals surface area contributed by atoms with Crippen molar-refractivity contribution in [3.63, 3.8) is 0 Å². The number of esters is 1. The van der Waals surface area contributed by atoms with Gasteiger partial charge in [-0.05, 0) is 60.4 Å². The first-order chi connectivity index (χ1) is 14.1. The van der Waals surface area contributed by atoms with Crippen LogP contribution in [0.2, 0.25) is 0 Å². The zero-order valence-corrected chi connectivity index (χ0v) is 15.6. The monoisotopic (exact) mass is 385 g/mol. The van der Waals surface area contributed by atoms with E-state index in [0.29, 0.717) is 28.8 Å². The molecule has 0 aromatic heterocycles. The summed E-state index contributed by atoms with van der Waals surface area (Å²) in [7, 11) is 0. The largest absolute Gasteiger partial charge is 0.423 e. The molecule has 0 N–H and O–H groups in total. The number of nitrogens with zero attached hydrogens (tertiary/aromatic N) is 1. The van der Waals surface area contributed by atoms with E-state index in [1.807, 2.05) is 6.07 Å². The second-order valence-corrected chi connectivity index (χ2v) is 8.42. The summed E-state index contributed by atoms with van der Waals surface area (Å²) in [4.78, 5) is 40.3. The number of para-hydroxylation sites is 1. The van der Waals surface area contributed by atoms with Crippen LogP contribution in [0.25, 0.3) is 0 Å². The number of imide groups is 1. The predicted octanol–water partition coefficient (Wildman–Crippen LogP) is 3.46. The molecule has 0 spiro atoms. The summed E-state index contributed by atoms with van der Waals surface area (Å²) in [5.74, 6) is 0.677. The van der Waals surface area contributed by atoms with Crippen LogP contribution in [0.1, 0.15) is 16.8 Å². The van der Waals surface area contributed by atoms with E-state index in [-0.39, 0.29) is 35.5 Å². The molecule has 3 fully saturated rings. The van der Waals surface area contributed by atoms with Crippen molar-refractivity contribution >= 4 is 23.5 Å². The Labute approximate surface area is 168 Å². The van der Waals surface area contributed by atoms with Crippen LogP contribution in [0.3, 0.4) is 0 Å². The Bertz CT molecular complexity index is 1040. The SMILES string of the molecule is O=C(Oc1ccccc1)c1cccc(N2C(=O)C3C4C=CC(C5CC45)C3C2=O)c1. The Morgan fingerprint density at radius 1 is 0.862 bits per heavy atom. The van der Waals surface area contributed by atoms with Gasteiger partial charge in [-0.15, -0.1) is 0 Å². The van der Waals surface area contributed by atoms with Crippen LogP contribution in [0, 0.1) is 35.5 Å². The van der Waals surface area contributed by atoms with Crippen molar-refractivity contribution in [2.24, 2.45) is 35.5 Å². The Balaban J connectivity index is 1.30. The fourth-order valence-corrected chi connectivity index (χ4v) is 5.64. The molecule has 5 aliphatic rings. The maximum Gasteiger partial charge on any atom is 0.343 e. The zero-order chi connectivity index (χ0) is 19.7. The Hall–Kier alpha value is -3.21. The molecule has 6 atom stereocenters. The van der Waals surface area contributed by atoms with Gasteiger partial charge >= 0.3 is 5.97 Å². The molecule has 144 valence electrons. The molecule has 6 unspecified atom stereocenters. The van der Waals surface area contributed by atoms with E-state index < -0.39 is 5.97 Å². The molecule has 2 aromatic carbocycles. The normalized spacial score (nSPS) is 33.4. The van der Waals surface area contributed by atoms with Gasteiger partial charge in [-0.25, -0.2) is 9.69 Å². The number of benzene rings is 2. The van der Waals surface area contributed by atoms with Crippen LogP contribution < -0.4 is 9.64 Å². The van der Waals surface area contributed by atoms with E-state index in [1.165, 1.54) is 4.90 Å². The summed E-state index contributed by atoms with van der Waals surface area (Å²) in [6.07, 6.45) is 5.45. The van der Waals surface area contributed by atoms with Crippen LogP contribution in [0.4, 0.5) is 5.69 Å². The number of hydrogen-bond acceptors (Lipinski definition) is 4. The summed E-state index contributed by atoms with van der Waals surface area (Å²) < 4.78 is 5.39. The topological polar surface area (TPSA) is 63.7 Å². The van der Waals surface area contributed by atoms with Crippen LogP contribution >= 0.6 is 0 Å². The highest BCUT2D eigenvalue weighted by Crippen LogP contribution is 2.65. The van der Waals surface area contributed by atoms with Gasteiger partial charge in [0.25, 0.3) is 0 Å². The van der Waals surface area contributed by atoms with Gasteiger partial charge in [0, 0.05) is 0 Å². The van der Waals surface area contributed by atoms with E-state index in [4.69, 9.17) is 4.74 Å². The highest BCUT2D eigenvalue weighted by molar-refractivity contribution is 6.23. The predicted molar refractivity (Wildman–Crippen MR) is 105 cm³/mol. The van der Waals surface area contributed by atoms with Gasteiger partial charge < -0.3 is 4.74 Å². The lowest BCUT2D eigenvalue weighted by atomic mass is 9.63. The van der Waals surface area contributed by atoms with Crippen molar-refractivity contribution in [1.82, 2.24) is 0 Å². The lowest BCUT2D eigenvalue weighted by molar-refractivity contribution is -0.124. The summed E-state index contributed by atoms with van der Waals surface area (Å²) in [6.45, 7) is 0. The van der Waals surface area contributed by atoms with E-state index in [0.717, 1.165) is 6.42 Å². The highest BCUT2D eigenvalue weighted by atomic mass is 16.5. The minimum atomic E-state index is -0.516. The van der Waals surface area contributed by atoms with Gasteiger partial charge in [-0.1, -0.05) is 36.4 Å². The second-order valence-electron chi connectivity index (χ2n) is 8.42. The van der Waals surface area contributed by atoms with Gasteiger partial charge in [0.2, 0.25) is 11.8 Å². The molecule has 4 aliphatic carbocycles. The smallest absolute Gasteiger partial charge is 0.343 e. The quantitative estimate of drug-likeness (QED) is 0.351. The number of rotatable bonds is 3. The maximum atomic E-state index is 13.2. The number of allylic oxidation sites excluding steroid dienone is 2. The fraction of sp³-hybridized carbons (Fsp3) is 0.292. The first-order valence-corrected chi connectivity index (χ1v) is 10.1. The van der Waals surface area contributed by atoms with E-state index in [2.05, 4.69) is 12.2 Å². The van der Waals surface area contributed by atoms with Crippen molar-refractivity contribution in [1.29, 1.82) is 0 Å². The van der Waals surface area contributed by atoms with E-state index in [9.17, 15) is 14.4 Å². The molecular weight excluding hydrogens is 366 g/mol. The number of amides is 2. The number of carbonyl (C=O) groups excluding carboxylic acids is 3. The van der Waals surface area contributed by atoms with Crippen molar-refractivity contribution in [2.75, 3.05) is 4.90 Å². The standard InChI is InChI=1S/C24H19NO4/c26-22-20-16-9-10-17(19-12-18(16)19)21(20)23(27)25(22)14-6-4-5-13(11-14)24(28)29-15-7-2-1-3-8-15/h1-11,16-21H,12H2. The number of carbonyl (C=O) groups is 3. The summed E-state index contributed by atoms with van der Waals surface area (Å²) in [6, 6.07) is 15.4. The summed E-state index contributed by atoms with van der Waals surface area (Å²) in [5.41, 5.74) is 0.760. The van der Waals surface area contributed by atoms with Crippen molar-refractivity contribution in [3.05, 3.63) is 72.3 Å². The molecule has 0 radical (unpaired) electrons. The molecule has 7 rings (SSSR count). The van der Waals surface area contributed by atoms with Gasteiger partial charge in [-0.3, -0.25) is 9.59 Å². The van der Waals surface area contributed by atoms with E-state index >= 15 is 0 Å². The maximum absolute atomic E-state index is 13.2. The minimum Gasteiger partial charge on any atom is -0.423 e. The molecule has 29 heavy (non-hydrogen) atoms. The first-order valence-electron chi connectivity index (χ1n) is 10.1. The Morgan fingerprint density at radius 3 is 2.17 bits per heavy atom. The molecule has 1 aliphatic heterocycles. The molecule has 2 saturated carbocycles. The molecule has 2 aromatic rings. The molecular formula is C24H19NO4. The molecule has 1 saturated heterocycles. The highest BCUT2D eigenvalue weighted by Gasteiger charge is 2.67. The third kappa shape index (κ3) is 2.36. The average Bonchev–Trinajstić information content (AvgIpc) is 3.52. The number of ether oxygens (including phenoxy) is 1. The molecule has 5 nitrogen and oxygen atoms in total. The molecule has 2 amide bonds. The first kappa shape index (κ1) is 16.7. The third-order valence-corrected chi connectivity index (χ3v) is 6.96. The molecule has 1 heterocycles. The number of anilines is 1. The van der Waals surface area contributed by atoms with Gasteiger partial charge in [0.15, 0.2) is 0 Å². The van der Waals surface area contributed by atoms with Crippen LogP contribution in [0.5, 0.6) is 5.75 Å². The fourth-order valence-electron chi connectivity index (χ4n) is 5.64. The van der Waals surface area contributed by atoms with Gasteiger partial charge in [0.1, 0.15) is 5.75 Å². The van der Waals surface area contributed by atoms with Crippen LogP contribution in [-0.4, -0.2) is 17.8 Å². The number of hydrogen-bond donors (Lipinski definition) is 0. The van der Waals surface area contributed by atoms with Gasteiger partial charge in [-0.2, -0.15) is 0 Å². The molecule has 5 heteroatoms. The second kappa shape index (κ2) is 5.89. The van der Waals surface area contributed by atoms with E-state index in [1.54, 1.807) is 48.5 Å². The minimum absolute atomic E-state index is 0.127. The average molecular weight is 385 g/mol. The summed E-state index contributed by atoms with van der Waals surface area (Å²) in [5, 5.41) is 0. The summed E-state index contributed by atoms with van der Waals surface area (Å²) >= 11 is 0. The lowest BCUT2D eigenvalue weighted by Crippen LogP contribution is -2.40.